The van der Waals surface area contributed by atoms with E-state index in [1.54, 1.807) is 6.92 Å². The molecule has 1 aliphatic rings. The van der Waals surface area contributed by atoms with E-state index >= 15 is 0 Å². The lowest BCUT2D eigenvalue weighted by Gasteiger charge is -2.21. The Labute approximate surface area is 89.9 Å². The molecule has 0 saturated heterocycles. The predicted octanol–water partition coefficient (Wildman–Crippen LogP) is 1.58. The van der Waals surface area contributed by atoms with Gasteiger partial charge in [0, 0.05) is 5.41 Å². The highest BCUT2D eigenvalue weighted by Crippen LogP contribution is 2.30. The van der Waals surface area contributed by atoms with Crippen LogP contribution in [0.3, 0.4) is 0 Å². The third-order valence-electron chi connectivity index (χ3n) is 2.69. The molecule has 1 atom stereocenters. The Balaban J connectivity index is 2.95. The number of carbonyl (C=O) groups is 1. The fourth-order valence-corrected chi connectivity index (χ4v) is 2.68. The molecule has 1 aliphatic carbocycles. The molecule has 0 heterocycles. The number of rotatable bonds is 3. The summed E-state index contributed by atoms with van der Waals surface area (Å²) in [4.78, 5) is 10.9. The van der Waals surface area contributed by atoms with Gasteiger partial charge in [-0.25, -0.2) is 8.42 Å². The van der Waals surface area contributed by atoms with Crippen LogP contribution in [0.5, 0.6) is 0 Å². The van der Waals surface area contributed by atoms with Gasteiger partial charge in [-0.1, -0.05) is 13.3 Å². The smallest absolute Gasteiger partial charge is 0.310 e. The number of hydrogen-bond acceptors (Lipinski definition) is 3. The molecule has 0 radical (unpaired) electrons. The van der Waals surface area contributed by atoms with E-state index in [2.05, 4.69) is 0 Å². The minimum absolute atomic E-state index is 0.0306. The predicted molar refractivity (Wildman–Crippen MR) is 57.1 cm³/mol. The van der Waals surface area contributed by atoms with Crippen LogP contribution in [-0.4, -0.2) is 25.2 Å². The lowest BCUT2D eigenvalue weighted by Crippen LogP contribution is -2.20. The third kappa shape index (κ3) is 3.34. The van der Waals surface area contributed by atoms with Gasteiger partial charge in [-0.3, -0.25) is 4.79 Å². The van der Waals surface area contributed by atoms with Gasteiger partial charge < -0.3 is 5.11 Å². The quantitative estimate of drug-likeness (QED) is 0.802. The molecule has 1 unspecified atom stereocenters. The van der Waals surface area contributed by atoms with Crippen molar-refractivity contribution in [2.24, 2.45) is 5.92 Å². The number of sulfone groups is 1. The second-order valence-electron chi connectivity index (χ2n) is 3.78. The fourth-order valence-electron chi connectivity index (χ4n) is 1.77. The molecule has 86 valence electrons. The minimum Gasteiger partial charge on any atom is -0.481 e. The van der Waals surface area contributed by atoms with Crippen LogP contribution in [0.25, 0.3) is 0 Å². The molecule has 15 heavy (non-hydrogen) atoms. The maximum atomic E-state index is 11.4. The van der Waals surface area contributed by atoms with Gasteiger partial charge in [-0.05, 0) is 24.8 Å². The van der Waals surface area contributed by atoms with Crippen molar-refractivity contribution in [3.63, 3.8) is 0 Å². The second-order valence-corrected chi connectivity index (χ2v) is 5.92. The molecule has 1 rings (SSSR count). The van der Waals surface area contributed by atoms with E-state index in [-0.39, 0.29) is 5.75 Å². The first-order valence-electron chi connectivity index (χ1n) is 5.12. The summed E-state index contributed by atoms with van der Waals surface area (Å²) in [7, 11) is -3.21. The molecule has 0 bridgehead atoms. The number of aliphatic carboxylic acids is 1. The molecule has 0 aromatic carbocycles. The van der Waals surface area contributed by atoms with Crippen molar-refractivity contribution in [2.45, 2.75) is 32.6 Å². The van der Waals surface area contributed by atoms with Gasteiger partial charge in [-0.2, -0.15) is 0 Å². The van der Waals surface area contributed by atoms with Gasteiger partial charge in [0.15, 0.2) is 9.84 Å². The fraction of sp³-hybridized carbons (Fsp3) is 0.700. The molecule has 0 aromatic rings. The van der Waals surface area contributed by atoms with Crippen molar-refractivity contribution in [3.8, 4) is 0 Å². The Morgan fingerprint density at radius 1 is 1.53 bits per heavy atom. The van der Waals surface area contributed by atoms with Crippen molar-refractivity contribution in [2.75, 3.05) is 5.75 Å². The normalized spacial score (nSPS) is 25.4. The first-order chi connectivity index (χ1) is 6.96. The molecular formula is C10H16O4S. The summed E-state index contributed by atoms with van der Waals surface area (Å²) in [6.45, 7) is 1.56. The monoisotopic (exact) mass is 232 g/mol. The van der Waals surface area contributed by atoms with E-state index in [0.717, 1.165) is 12.8 Å². The third-order valence-corrected chi connectivity index (χ3v) is 4.15. The summed E-state index contributed by atoms with van der Waals surface area (Å²) in [6.07, 6.45) is 2.89. The highest BCUT2D eigenvalue weighted by molar-refractivity contribution is 7.94. The van der Waals surface area contributed by atoms with Gasteiger partial charge in [0.05, 0.1) is 11.7 Å². The molecule has 1 fully saturated rings. The Kier molecular flexibility index (Phi) is 3.90. The van der Waals surface area contributed by atoms with E-state index in [1.165, 1.54) is 5.41 Å². The topological polar surface area (TPSA) is 71.4 Å². The first kappa shape index (κ1) is 12.2. The zero-order valence-corrected chi connectivity index (χ0v) is 9.59. The van der Waals surface area contributed by atoms with Crippen LogP contribution in [-0.2, 0) is 14.6 Å². The van der Waals surface area contributed by atoms with E-state index in [0.29, 0.717) is 18.4 Å². The molecule has 0 aliphatic heterocycles. The molecule has 0 spiro atoms. The Bertz CT molecular complexity index is 367. The molecule has 5 heteroatoms. The van der Waals surface area contributed by atoms with Crippen molar-refractivity contribution in [1.29, 1.82) is 0 Å². The summed E-state index contributed by atoms with van der Waals surface area (Å²) in [5.41, 5.74) is 0.565. The largest absolute Gasteiger partial charge is 0.481 e. The molecule has 0 amide bonds. The number of hydrogen-bond donors (Lipinski definition) is 1. The van der Waals surface area contributed by atoms with Crippen molar-refractivity contribution >= 4 is 15.8 Å². The standard InChI is InChI=1S/C10H16O4S/c1-2-15(13,14)7-8-5-3-4-6-9(8)10(11)12/h7,9H,2-6H2,1H3,(H,11,12)/b8-7+. The van der Waals surface area contributed by atoms with Crippen molar-refractivity contribution < 1.29 is 18.3 Å². The zero-order chi connectivity index (χ0) is 11.5. The maximum Gasteiger partial charge on any atom is 0.310 e. The SMILES string of the molecule is CCS(=O)(=O)/C=C1\CCCCC1C(=O)O. The second kappa shape index (κ2) is 4.79. The zero-order valence-electron chi connectivity index (χ0n) is 8.77. The van der Waals surface area contributed by atoms with Crippen LogP contribution in [0.2, 0.25) is 0 Å². The summed E-state index contributed by atoms with van der Waals surface area (Å²) in [6, 6.07) is 0. The molecule has 1 N–H and O–H groups in total. The van der Waals surface area contributed by atoms with Gasteiger partial charge in [-0.15, -0.1) is 0 Å². The van der Waals surface area contributed by atoms with Crippen molar-refractivity contribution in [1.82, 2.24) is 0 Å². The average molecular weight is 232 g/mol. The summed E-state index contributed by atoms with van der Waals surface area (Å²) in [5, 5.41) is 10.1. The summed E-state index contributed by atoms with van der Waals surface area (Å²) < 4.78 is 22.7. The lowest BCUT2D eigenvalue weighted by molar-refractivity contribution is -0.140. The number of carboxylic acid groups (broad SMARTS) is 1. The summed E-state index contributed by atoms with van der Waals surface area (Å²) >= 11 is 0. The Morgan fingerprint density at radius 3 is 2.73 bits per heavy atom. The van der Waals surface area contributed by atoms with E-state index in [1.807, 2.05) is 0 Å². The van der Waals surface area contributed by atoms with Crippen LogP contribution in [0.4, 0.5) is 0 Å². The van der Waals surface area contributed by atoms with E-state index < -0.39 is 21.7 Å². The van der Waals surface area contributed by atoms with E-state index in [9.17, 15) is 13.2 Å². The van der Waals surface area contributed by atoms with E-state index in [4.69, 9.17) is 5.11 Å². The maximum absolute atomic E-state index is 11.4. The first-order valence-corrected chi connectivity index (χ1v) is 6.84. The molecule has 0 aromatic heterocycles. The molecular weight excluding hydrogens is 216 g/mol. The number of carboxylic acids is 1. The van der Waals surface area contributed by atoms with Gasteiger partial charge in [0.1, 0.15) is 0 Å². The minimum atomic E-state index is -3.21. The Hall–Kier alpha value is -0.840. The van der Waals surface area contributed by atoms with Crippen molar-refractivity contribution in [3.05, 3.63) is 11.0 Å². The van der Waals surface area contributed by atoms with Gasteiger partial charge in [0.2, 0.25) is 0 Å². The molecule has 4 nitrogen and oxygen atoms in total. The van der Waals surface area contributed by atoms with Crippen LogP contribution in [0, 0.1) is 5.92 Å². The highest BCUT2D eigenvalue weighted by atomic mass is 32.2. The lowest BCUT2D eigenvalue weighted by atomic mass is 9.85. The summed E-state index contributed by atoms with van der Waals surface area (Å²) in [5.74, 6) is -1.48. The Morgan fingerprint density at radius 2 is 2.20 bits per heavy atom. The van der Waals surface area contributed by atoms with Gasteiger partial charge in [0.25, 0.3) is 0 Å². The van der Waals surface area contributed by atoms with Crippen LogP contribution in [0.1, 0.15) is 32.6 Å². The molecule has 1 saturated carbocycles. The van der Waals surface area contributed by atoms with Gasteiger partial charge >= 0.3 is 5.97 Å². The highest BCUT2D eigenvalue weighted by Gasteiger charge is 2.26. The van der Waals surface area contributed by atoms with Crippen LogP contribution >= 0.6 is 0 Å². The van der Waals surface area contributed by atoms with Crippen LogP contribution < -0.4 is 0 Å². The van der Waals surface area contributed by atoms with Crippen LogP contribution in [0.15, 0.2) is 11.0 Å². The average Bonchev–Trinajstić information content (AvgIpc) is 2.18.